The van der Waals surface area contributed by atoms with Crippen LogP contribution in [0.2, 0.25) is 5.02 Å². The molecule has 1 N–H and O–H groups in total. The van der Waals surface area contributed by atoms with E-state index >= 15 is 0 Å². The molecule has 0 unspecified atom stereocenters. The number of nitrogens with zero attached hydrogens (tertiary/aromatic N) is 3. The SMILES string of the molecule is COC(=O)c1ccc(Cl)c(NC(=O)c2nc(-c3cccs3)n(-c3cccc(F)c3)n2)c1. The average molecular weight is 457 g/mol. The number of carbonyl (C=O) groups excluding carboxylic acids is 2. The van der Waals surface area contributed by atoms with Gasteiger partial charge < -0.3 is 10.1 Å². The highest BCUT2D eigenvalue weighted by atomic mass is 35.5. The van der Waals surface area contributed by atoms with Gasteiger partial charge in [0.1, 0.15) is 5.82 Å². The third-order valence-corrected chi connectivity index (χ3v) is 5.44. The van der Waals surface area contributed by atoms with E-state index in [1.54, 1.807) is 12.1 Å². The summed E-state index contributed by atoms with van der Waals surface area (Å²) in [5, 5.41) is 8.97. The number of hydrogen-bond acceptors (Lipinski definition) is 6. The van der Waals surface area contributed by atoms with E-state index in [1.165, 1.54) is 53.5 Å². The van der Waals surface area contributed by atoms with Gasteiger partial charge in [0.15, 0.2) is 5.82 Å². The van der Waals surface area contributed by atoms with Crippen molar-refractivity contribution in [3.63, 3.8) is 0 Å². The zero-order valence-corrected chi connectivity index (χ0v) is 17.6. The van der Waals surface area contributed by atoms with E-state index in [-0.39, 0.29) is 22.1 Å². The Kier molecular flexibility index (Phi) is 5.79. The van der Waals surface area contributed by atoms with Gasteiger partial charge in [0.2, 0.25) is 5.82 Å². The smallest absolute Gasteiger partial charge is 0.337 e. The van der Waals surface area contributed by atoms with Crippen LogP contribution in [0.5, 0.6) is 0 Å². The summed E-state index contributed by atoms with van der Waals surface area (Å²) in [6, 6.07) is 13.8. The van der Waals surface area contributed by atoms with Gasteiger partial charge in [-0.3, -0.25) is 4.79 Å². The number of anilines is 1. The highest BCUT2D eigenvalue weighted by Gasteiger charge is 2.21. The Balaban J connectivity index is 1.71. The second-order valence-corrected chi connectivity index (χ2v) is 7.62. The highest BCUT2D eigenvalue weighted by molar-refractivity contribution is 7.13. The predicted octanol–water partition coefficient (Wildman–Crippen LogP) is 4.83. The summed E-state index contributed by atoms with van der Waals surface area (Å²) in [5.41, 5.74) is 0.842. The lowest BCUT2D eigenvalue weighted by atomic mass is 10.2. The van der Waals surface area contributed by atoms with E-state index in [1.807, 2.05) is 17.5 Å². The Morgan fingerprint density at radius 3 is 2.71 bits per heavy atom. The van der Waals surface area contributed by atoms with E-state index in [4.69, 9.17) is 11.6 Å². The molecule has 2 aromatic heterocycles. The van der Waals surface area contributed by atoms with Gasteiger partial charge in [-0.25, -0.2) is 18.9 Å². The standard InChI is InChI=1S/C21H14ClFN4O3S/c1-30-21(29)12-7-8-15(22)16(10-12)24-20(28)18-25-19(17-6-3-9-31-17)27(26-18)14-5-2-4-13(23)11-14/h2-11H,1H3,(H,24,28). The number of methoxy groups -OCH3 is 1. The highest BCUT2D eigenvalue weighted by Crippen LogP contribution is 2.27. The first-order chi connectivity index (χ1) is 15.0. The average Bonchev–Trinajstić information content (AvgIpc) is 3.44. The maximum atomic E-state index is 13.8. The number of esters is 1. The molecule has 0 fully saturated rings. The molecule has 2 heterocycles. The number of thiophene rings is 1. The van der Waals surface area contributed by atoms with Gasteiger partial charge in [-0.05, 0) is 47.8 Å². The fourth-order valence-electron chi connectivity index (χ4n) is 2.81. The number of halogens is 2. The fourth-order valence-corrected chi connectivity index (χ4v) is 3.67. The van der Waals surface area contributed by atoms with Crippen molar-refractivity contribution in [3.8, 4) is 16.4 Å². The summed E-state index contributed by atoms with van der Waals surface area (Å²) in [4.78, 5) is 29.7. The number of amides is 1. The molecule has 0 radical (unpaired) electrons. The first-order valence-electron chi connectivity index (χ1n) is 8.92. The van der Waals surface area contributed by atoms with Crippen LogP contribution in [0, 0.1) is 5.82 Å². The quantitative estimate of drug-likeness (QED) is 0.435. The zero-order chi connectivity index (χ0) is 22.0. The minimum absolute atomic E-state index is 0.146. The van der Waals surface area contributed by atoms with E-state index in [0.717, 1.165) is 4.88 Å². The van der Waals surface area contributed by atoms with Crippen molar-refractivity contribution in [2.24, 2.45) is 0 Å². The Morgan fingerprint density at radius 2 is 2.00 bits per heavy atom. The Hall–Kier alpha value is -3.56. The van der Waals surface area contributed by atoms with Gasteiger partial charge in [-0.15, -0.1) is 16.4 Å². The molecular formula is C21H14ClFN4O3S. The summed E-state index contributed by atoms with van der Waals surface area (Å²) in [6.07, 6.45) is 0. The molecule has 0 saturated heterocycles. The minimum Gasteiger partial charge on any atom is -0.465 e. The van der Waals surface area contributed by atoms with Crippen LogP contribution in [-0.4, -0.2) is 33.8 Å². The van der Waals surface area contributed by atoms with E-state index in [9.17, 15) is 14.0 Å². The third kappa shape index (κ3) is 4.32. The minimum atomic E-state index is -0.642. The molecule has 0 saturated carbocycles. The van der Waals surface area contributed by atoms with Gasteiger partial charge >= 0.3 is 5.97 Å². The topological polar surface area (TPSA) is 86.1 Å². The molecule has 156 valence electrons. The molecule has 0 aliphatic rings. The Labute approximate surface area is 185 Å². The summed E-state index contributed by atoms with van der Waals surface area (Å²) < 4.78 is 19.9. The molecule has 31 heavy (non-hydrogen) atoms. The van der Waals surface area contributed by atoms with Crippen molar-refractivity contribution >= 4 is 40.5 Å². The molecular weight excluding hydrogens is 443 g/mol. The van der Waals surface area contributed by atoms with Crippen molar-refractivity contribution in [1.82, 2.24) is 14.8 Å². The van der Waals surface area contributed by atoms with Crippen molar-refractivity contribution in [1.29, 1.82) is 0 Å². The van der Waals surface area contributed by atoms with Crippen LogP contribution in [0.4, 0.5) is 10.1 Å². The molecule has 0 aliphatic carbocycles. The molecule has 7 nitrogen and oxygen atoms in total. The first-order valence-corrected chi connectivity index (χ1v) is 10.2. The lowest BCUT2D eigenvalue weighted by Crippen LogP contribution is -2.15. The normalized spacial score (nSPS) is 10.7. The van der Waals surface area contributed by atoms with Crippen LogP contribution in [0.15, 0.2) is 60.0 Å². The Bertz CT molecular complexity index is 1270. The number of aromatic nitrogens is 3. The van der Waals surface area contributed by atoms with Crippen LogP contribution in [-0.2, 0) is 4.74 Å². The van der Waals surface area contributed by atoms with Gasteiger partial charge in [-0.2, -0.15) is 0 Å². The Morgan fingerprint density at radius 1 is 1.16 bits per heavy atom. The number of benzene rings is 2. The van der Waals surface area contributed by atoms with Crippen LogP contribution in [0.3, 0.4) is 0 Å². The molecule has 4 rings (SSSR count). The molecule has 2 aromatic carbocycles. The van der Waals surface area contributed by atoms with Crippen LogP contribution >= 0.6 is 22.9 Å². The number of rotatable bonds is 5. The van der Waals surface area contributed by atoms with Gasteiger partial charge in [0.05, 0.1) is 33.9 Å². The second-order valence-electron chi connectivity index (χ2n) is 6.27. The van der Waals surface area contributed by atoms with E-state index in [0.29, 0.717) is 11.5 Å². The molecule has 0 spiro atoms. The summed E-state index contributed by atoms with van der Waals surface area (Å²) in [7, 11) is 1.25. The number of carbonyl (C=O) groups is 2. The van der Waals surface area contributed by atoms with E-state index in [2.05, 4.69) is 20.1 Å². The molecule has 0 bridgehead atoms. The number of hydrogen-bond donors (Lipinski definition) is 1. The fraction of sp³-hybridized carbons (Fsp3) is 0.0476. The predicted molar refractivity (Wildman–Crippen MR) is 115 cm³/mol. The second kappa shape index (κ2) is 8.66. The van der Waals surface area contributed by atoms with Gasteiger partial charge in [-0.1, -0.05) is 23.7 Å². The summed E-state index contributed by atoms with van der Waals surface area (Å²) in [6.45, 7) is 0. The van der Waals surface area contributed by atoms with Crippen LogP contribution in [0.25, 0.3) is 16.4 Å². The summed E-state index contributed by atoms with van der Waals surface area (Å²) in [5.74, 6) is -1.41. The third-order valence-electron chi connectivity index (χ3n) is 4.24. The molecule has 1 amide bonds. The largest absolute Gasteiger partial charge is 0.465 e. The monoisotopic (exact) mass is 456 g/mol. The van der Waals surface area contributed by atoms with E-state index < -0.39 is 17.7 Å². The van der Waals surface area contributed by atoms with Crippen molar-refractivity contribution < 1.29 is 18.7 Å². The number of nitrogens with one attached hydrogen (secondary N) is 1. The van der Waals surface area contributed by atoms with Crippen molar-refractivity contribution in [2.45, 2.75) is 0 Å². The maximum absolute atomic E-state index is 13.8. The lowest BCUT2D eigenvalue weighted by molar-refractivity contribution is 0.0600. The first kappa shape index (κ1) is 20.7. The van der Waals surface area contributed by atoms with Crippen molar-refractivity contribution in [2.75, 3.05) is 12.4 Å². The summed E-state index contributed by atoms with van der Waals surface area (Å²) >= 11 is 7.56. The molecule has 0 atom stereocenters. The maximum Gasteiger partial charge on any atom is 0.337 e. The molecule has 10 heteroatoms. The molecule has 4 aromatic rings. The van der Waals surface area contributed by atoms with Crippen molar-refractivity contribution in [3.05, 3.63) is 82.2 Å². The van der Waals surface area contributed by atoms with Crippen LogP contribution < -0.4 is 5.32 Å². The number of ether oxygens (including phenoxy) is 1. The zero-order valence-electron chi connectivity index (χ0n) is 16.0. The van der Waals surface area contributed by atoms with Gasteiger partial charge in [0.25, 0.3) is 5.91 Å². The lowest BCUT2D eigenvalue weighted by Gasteiger charge is -2.07. The van der Waals surface area contributed by atoms with Gasteiger partial charge in [0, 0.05) is 0 Å². The van der Waals surface area contributed by atoms with Crippen LogP contribution in [0.1, 0.15) is 21.0 Å². The molecule has 0 aliphatic heterocycles.